The highest BCUT2D eigenvalue weighted by atomic mass is 35.5. The summed E-state index contributed by atoms with van der Waals surface area (Å²) >= 11 is 13.2. The summed E-state index contributed by atoms with van der Waals surface area (Å²) in [5, 5.41) is 4.13. The third-order valence-corrected chi connectivity index (χ3v) is 6.87. The Morgan fingerprint density at radius 2 is 1.86 bits per heavy atom. The number of carbonyl (C=O) groups excluding carboxylic acids is 1. The molecule has 0 spiro atoms. The van der Waals surface area contributed by atoms with E-state index in [1.807, 2.05) is 6.92 Å². The Balaban J connectivity index is 1.58. The monoisotopic (exact) mass is 470 g/mol. The van der Waals surface area contributed by atoms with Crippen molar-refractivity contribution in [3.05, 3.63) is 73.9 Å². The lowest BCUT2D eigenvalue weighted by atomic mass is 10.2. The number of hydrogen-bond acceptors (Lipinski definition) is 6. The van der Waals surface area contributed by atoms with Crippen molar-refractivity contribution in [1.82, 2.24) is 20.0 Å². The first-order valence-electron chi connectivity index (χ1n) is 8.34. The van der Waals surface area contributed by atoms with Crippen LogP contribution >= 0.6 is 34.5 Å². The maximum atomic E-state index is 12.4. The van der Waals surface area contributed by atoms with E-state index in [2.05, 4.69) is 20.0 Å². The number of thiazole rings is 1. The molecule has 0 saturated heterocycles. The Kier molecular flexibility index (Phi) is 6.86. The number of sulfonamides is 1. The normalized spacial score (nSPS) is 11.4. The number of carbonyl (C=O) groups is 1. The van der Waals surface area contributed by atoms with Crippen LogP contribution < -0.4 is 10.0 Å². The number of hydrogen-bond donors (Lipinski definition) is 2. The highest BCUT2D eigenvalue weighted by Gasteiger charge is 2.15. The van der Waals surface area contributed by atoms with Crippen LogP contribution in [0.15, 0.2) is 47.6 Å². The van der Waals surface area contributed by atoms with Crippen molar-refractivity contribution in [2.45, 2.75) is 24.9 Å². The Labute approximate surface area is 182 Å². The highest BCUT2D eigenvalue weighted by molar-refractivity contribution is 7.89. The molecule has 0 radical (unpaired) electrons. The van der Waals surface area contributed by atoms with Crippen molar-refractivity contribution in [3.8, 4) is 0 Å². The van der Waals surface area contributed by atoms with Gasteiger partial charge in [-0.3, -0.25) is 9.78 Å². The summed E-state index contributed by atoms with van der Waals surface area (Å²) in [5.41, 5.74) is 0.839. The predicted octanol–water partition coefficient (Wildman–Crippen LogP) is 3.56. The maximum absolute atomic E-state index is 12.4. The van der Waals surface area contributed by atoms with Crippen molar-refractivity contribution in [2.75, 3.05) is 0 Å². The molecule has 29 heavy (non-hydrogen) atoms. The molecule has 2 N–H and O–H groups in total. The summed E-state index contributed by atoms with van der Waals surface area (Å²) in [6, 6.07) is 7.24. The number of nitrogens with zero attached hydrogens (tertiary/aromatic N) is 2. The molecule has 1 amide bonds. The summed E-state index contributed by atoms with van der Waals surface area (Å²) < 4.78 is 27.2. The number of rotatable bonds is 7. The molecule has 2 aromatic heterocycles. The van der Waals surface area contributed by atoms with Gasteiger partial charge in [0.15, 0.2) is 0 Å². The van der Waals surface area contributed by atoms with Crippen molar-refractivity contribution in [2.24, 2.45) is 0 Å². The second-order valence-corrected chi connectivity index (χ2v) is 9.88. The van der Waals surface area contributed by atoms with E-state index >= 15 is 0 Å². The molecule has 0 atom stereocenters. The number of amides is 1. The van der Waals surface area contributed by atoms with E-state index in [1.165, 1.54) is 41.8 Å². The lowest BCUT2D eigenvalue weighted by Crippen LogP contribution is -2.24. The van der Waals surface area contributed by atoms with E-state index in [-0.39, 0.29) is 33.1 Å². The van der Waals surface area contributed by atoms with Gasteiger partial charge in [-0.25, -0.2) is 18.1 Å². The molecule has 0 aliphatic heterocycles. The molecule has 152 valence electrons. The van der Waals surface area contributed by atoms with Crippen molar-refractivity contribution >= 4 is 50.5 Å². The third kappa shape index (κ3) is 5.74. The largest absolute Gasteiger partial charge is 0.346 e. The molecular weight excluding hydrogens is 455 g/mol. The molecule has 3 aromatic rings. The molecule has 0 fully saturated rings. The van der Waals surface area contributed by atoms with Crippen molar-refractivity contribution in [1.29, 1.82) is 0 Å². The smallest absolute Gasteiger partial charge is 0.270 e. The van der Waals surface area contributed by atoms with E-state index < -0.39 is 10.0 Å². The standard InChI is InChI=1S/C18H16Cl2N4O3S2/c1-11-21-9-13(28-11)10-23-18(25)17-5-2-12(7-22-17)8-24-29(26,27)14-3-4-15(19)16(20)6-14/h2-7,9,24H,8,10H2,1H3,(H,23,25). The van der Waals surface area contributed by atoms with Crippen LogP contribution in [0.25, 0.3) is 0 Å². The van der Waals surface area contributed by atoms with E-state index in [0.29, 0.717) is 12.1 Å². The Hall–Kier alpha value is -2.04. The molecular formula is C18H16Cl2N4O3S2. The fourth-order valence-electron chi connectivity index (χ4n) is 2.31. The highest BCUT2D eigenvalue weighted by Crippen LogP contribution is 2.24. The molecule has 7 nitrogen and oxygen atoms in total. The van der Waals surface area contributed by atoms with Gasteiger partial charge in [0, 0.05) is 23.8 Å². The zero-order valence-corrected chi connectivity index (χ0v) is 18.3. The molecule has 0 unspecified atom stereocenters. The van der Waals surface area contributed by atoms with Crippen LogP contribution in [-0.2, 0) is 23.1 Å². The Bertz CT molecular complexity index is 1130. The van der Waals surface area contributed by atoms with E-state index in [0.717, 1.165) is 9.88 Å². The van der Waals surface area contributed by atoms with E-state index in [9.17, 15) is 13.2 Å². The van der Waals surface area contributed by atoms with Gasteiger partial charge in [0.25, 0.3) is 5.91 Å². The summed E-state index contributed by atoms with van der Waals surface area (Å²) in [6.45, 7) is 2.28. The minimum absolute atomic E-state index is 0.00848. The summed E-state index contributed by atoms with van der Waals surface area (Å²) in [5.74, 6) is -0.320. The number of halogens is 2. The summed E-state index contributed by atoms with van der Waals surface area (Å²) in [7, 11) is -3.77. The van der Waals surface area contributed by atoms with Crippen LogP contribution in [0.3, 0.4) is 0 Å². The second kappa shape index (κ2) is 9.19. The predicted molar refractivity (Wildman–Crippen MR) is 113 cm³/mol. The van der Waals surface area contributed by atoms with Crippen molar-refractivity contribution < 1.29 is 13.2 Å². The average Bonchev–Trinajstić information content (AvgIpc) is 3.12. The second-order valence-electron chi connectivity index (χ2n) is 5.98. The number of benzene rings is 1. The minimum atomic E-state index is -3.77. The van der Waals surface area contributed by atoms with Gasteiger partial charge in [0.05, 0.1) is 26.5 Å². The molecule has 11 heteroatoms. The first-order chi connectivity index (χ1) is 13.7. The number of aryl methyl sites for hydroxylation is 1. The summed E-state index contributed by atoms with van der Waals surface area (Å²) in [6.07, 6.45) is 3.17. The van der Waals surface area contributed by atoms with Gasteiger partial charge in [0.2, 0.25) is 10.0 Å². The van der Waals surface area contributed by atoms with Crippen LogP contribution in [0.4, 0.5) is 0 Å². The van der Waals surface area contributed by atoms with Gasteiger partial charge >= 0.3 is 0 Å². The lowest BCUT2D eigenvalue weighted by Gasteiger charge is -2.08. The summed E-state index contributed by atoms with van der Waals surface area (Å²) in [4.78, 5) is 21.4. The van der Waals surface area contributed by atoms with Gasteiger partial charge in [-0.2, -0.15) is 0 Å². The van der Waals surface area contributed by atoms with E-state index in [4.69, 9.17) is 23.2 Å². The lowest BCUT2D eigenvalue weighted by molar-refractivity contribution is 0.0946. The van der Waals surface area contributed by atoms with Crippen LogP contribution in [0.5, 0.6) is 0 Å². The van der Waals surface area contributed by atoms with Crippen LogP contribution in [0, 0.1) is 6.92 Å². The molecule has 0 aliphatic rings. The van der Waals surface area contributed by atoms with Gasteiger partial charge in [-0.15, -0.1) is 11.3 Å². The van der Waals surface area contributed by atoms with Gasteiger partial charge in [0.1, 0.15) is 5.69 Å². The third-order valence-electron chi connectivity index (χ3n) is 3.82. The molecule has 0 bridgehead atoms. The van der Waals surface area contributed by atoms with Gasteiger partial charge < -0.3 is 5.32 Å². The van der Waals surface area contributed by atoms with Crippen LogP contribution in [0.2, 0.25) is 10.0 Å². The fourth-order valence-corrected chi connectivity index (χ4v) is 4.46. The fraction of sp³-hybridized carbons (Fsp3) is 0.167. The number of nitrogens with one attached hydrogen (secondary N) is 2. The van der Waals surface area contributed by atoms with Gasteiger partial charge in [-0.05, 0) is 36.8 Å². The molecule has 3 rings (SSSR count). The zero-order chi connectivity index (χ0) is 21.0. The Morgan fingerprint density at radius 1 is 1.07 bits per heavy atom. The number of pyridine rings is 1. The molecule has 2 heterocycles. The maximum Gasteiger partial charge on any atom is 0.270 e. The first kappa shape index (κ1) is 21.7. The Morgan fingerprint density at radius 3 is 2.48 bits per heavy atom. The van der Waals surface area contributed by atoms with Crippen molar-refractivity contribution in [3.63, 3.8) is 0 Å². The molecule has 1 aromatic carbocycles. The van der Waals surface area contributed by atoms with Crippen LogP contribution in [0.1, 0.15) is 25.9 Å². The first-order valence-corrected chi connectivity index (χ1v) is 11.4. The van der Waals surface area contributed by atoms with Crippen LogP contribution in [-0.4, -0.2) is 24.3 Å². The van der Waals surface area contributed by atoms with Gasteiger partial charge in [-0.1, -0.05) is 29.3 Å². The minimum Gasteiger partial charge on any atom is -0.346 e. The average molecular weight is 471 g/mol. The molecule has 0 saturated carbocycles. The quantitative estimate of drug-likeness (QED) is 0.549. The molecule has 0 aliphatic carbocycles. The van der Waals surface area contributed by atoms with E-state index in [1.54, 1.807) is 12.3 Å². The number of aromatic nitrogens is 2. The topological polar surface area (TPSA) is 101 Å². The zero-order valence-electron chi connectivity index (χ0n) is 15.1. The SMILES string of the molecule is Cc1ncc(CNC(=O)c2ccc(CNS(=O)(=O)c3ccc(Cl)c(Cl)c3)cn2)s1.